The first-order chi connectivity index (χ1) is 9.97. The monoisotopic (exact) mass is 325 g/mol. The molecule has 4 bridgehead atoms. The van der Waals surface area contributed by atoms with Crippen molar-refractivity contribution in [3.05, 3.63) is 17.5 Å². The standard InChI is InChI=1S/C16H23NO2S2/c1-11(17-21(18,19)15-3-2-4-20-15)16-8-12-5-13(9-16)7-14(6-12)10-16/h2-4,11-14,17H,5-10H2,1H3. The minimum Gasteiger partial charge on any atom is -0.207 e. The van der Waals surface area contributed by atoms with Crippen LogP contribution >= 0.6 is 11.3 Å². The van der Waals surface area contributed by atoms with Crippen LogP contribution in [0.3, 0.4) is 0 Å². The molecule has 1 atom stereocenters. The van der Waals surface area contributed by atoms with E-state index >= 15 is 0 Å². The van der Waals surface area contributed by atoms with Gasteiger partial charge in [-0.3, -0.25) is 0 Å². The summed E-state index contributed by atoms with van der Waals surface area (Å²) in [5, 5.41) is 1.82. The molecule has 4 aliphatic rings. The summed E-state index contributed by atoms with van der Waals surface area (Å²) in [7, 11) is -3.34. The summed E-state index contributed by atoms with van der Waals surface area (Å²) in [4.78, 5) is 0. The zero-order valence-electron chi connectivity index (χ0n) is 12.4. The van der Waals surface area contributed by atoms with Crippen molar-refractivity contribution in [3.63, 3.8) is 0 Å². The molecule has 116 valence electrons. The summed E-state index contributed by atoms with van der Waals surface area (Å²) >= 11 is 1.30. The molecule has 0 saturated heterocycles. The van der Waals surface area contributed by atoms with Gasteiger partial charge >= 0.3 is 0 Å². The van der Waals surface area contributed by atoms with Gasteiger partial charge in [0.1, 0.15) is 4.21 Å². The number of nitrogens with one attached hydrogen (secondary N) is 1. The molecule has 0 radical (unpaired) electrons. The van der Waals surface area contributed by atoms with Crippen LogP contribution in [0.25, 0.3) is 0 Å². The van der Waals surface area contributed by atoms with Crippen LogP contribution in [0.5, 0.6) is 0 Å². The Bertz CT molecular complexity index is 585. The van der Waals surface area contributed by atoms with Gasteiger partial charge in [0, 0.05) is 6.04 Å². The Labute approximate surface area is 131 Å². The van der Waals surface area contributed by atoms with Gasteiger partial charge in [-0.2, -0.15) is 0 Å². The maximum atomic E-state index is 12.5. The average molecular weight is 325 g/mol. The van der Waals surface area contributed by atoms with E-state index in [1.54, 1.807) is 12.1 Å². The predicted octanol–water partition coefficient (Wildman–Crippen LogP) is 3.63. The van der Waals surface area contributed by atoms with Crippen LogP contribution in [-0.2, 0) is 10.0 Å². The lowest BCUT2D eigenvalue weighted by atomic mass is 9.48. The Morgan fingerprint density at radius 2 is 1.76 bits per heavy atom. The van der Waals surface area contributed by atoms with Gasteiger partial charge in [-0.25, -0.2) is 13.1 Å². The van der Waals surface area contributed by atoms with Crippen LogP contribution in [0.4, 0.5) is 0 Å². The quantitative estimate of drug-likeness (QED) is 0.919. The molecule has 21 heavy (non-hydrogen) atoms. The highest BCUT2D eigenvalue weighted by Crippen LogP contribution is 2.61. The Morgan fingerprint density at radius 3 is 2.24 bits per heavy atom. The van der Waals surface area contributed by atoms with Crippen LogP contribution in [-0.4, -0.2) is 14.5 Å². The molecule has 0 amide bonds. The highest BCUT2D eigenvalue weighted by Gasteiger charge is 2.53. The molecular formula is C16H23NO2S2. The van der Waals surface area contributed by atoms with Crippen molar-refractivity contribution >= 4 is 21.4 Å². The SMILES string of the molecule is CC(NS(=O)(=O)c1cccs1)C12CC3CC(CC(C3)C1)C2. The molecule has 4 saturated carbocycles. The van der Waals surface area contributed by atoms with Crippen molar-refractivity contribution in [3.8, 4) is 0 Å². The first-order valence-corrected chi connectivity index (χ1v) is 10.4. The lowest BCUT2D eigenvalue weighted by molar-refractivity contribution is -0.0666. The fourth-order valence-electron chi connectivity index (χ4n) is 5.54. The smallest absolute Gasteiger partial charge is 0.207 e. The van der Waals surface area contributed by atoms with E-state index in [9.17, 15) is 8.42 Å². The average Bonchev–Trinajstić information content (AvgIpc) is 2.90. The van der Waals surface area contributed by atoms with Crippen LogP contribution in [0, 0.1) is 23.2 Å². The second-order valence-corrected chi connectivity index (χ2v) is 10.4. The van der Waals surface area contributed by atoms with E-state index in [-0.39, 0.29) is 11.5 Å². The largest absolute Gasteiger partial charge is 0.250 e. The molecule has 1 aromatic rings. The van der Waals surface area contributed by atoms with Gasteiger partial charge in [0.05, 0.1) is 0 Å². The number of hydrogen-bond acceptors (Lipinski definition) is 3. The molecule has 0 spiro atoms. The van der Waals surface area contributed by atoms with Crippen molar-refractivity contribution in [1.29, 1.82) is 0 Å². The molecule has 1 heterocycles. The third-order valence-electron chi connectivity index (χ3n) is 6.10. The Kier molecular flexibility index (Phi) is 3.25. The van der Waals surface area contributed by atoms with E-state index < -0.39 is 10.0 Å². The molecule has 0 aliphatic heterocycles. The Morgan fingerprint density at radius 1 is 1.19 bits per heavy atom. The van der Waals surface area contributed by atoms with Gasteiger partial charge in [0.15, 0.2) is 0 Å². The lowest BCUT2D eigenvalue weighted by Crippen LogP contribution is -2.55. The Hall–Kier alpha value is -0.390. The van der Waals surface area contributed by atoms with Crippen molar-refractivity contribution in [2.75, 3.05) is 0 Å². The second-order valence-electron chi connectivity index (χ2n) is 7.55. The summed E-state index contributed by atoms with van der Waals surface area (Å²) < 4.78 is 28.4. The summed E-state index contributed by atoms with van der Waals surface area (Å²) in [5.41, 5.74) is 0.221. The molecular weight excluding hydrogens is 302 g/mol. The number of hydrogen-bond donors (Lipinski definition) is 1. The maximum Gasteiger partial charge on any atom is 0.250 e. The van der Waals surface area contributed by atoms with Crippen LogP contribution < -0.4 is 4.72 Å². The van der Waals surface area contributed by atoms with Crippen LogP contribution in [0.1, 0.15) is 45.4 Å². The number of rotatable bonds is 4. The van der Waals surface area contributed by atoms with Gasteiger partial charge in [-0.15, -0.1) is 11.3 Å². The highest BCUT2D eigenvalue weighted by molar-refractivity contribution is 7.91. The summed E-state index contributed by atoms with van der Waals surface area (Å²) in [6.45, 7) is 2.10. The van der Waals surface area contributed by atoms with E-state index in [0.29, 0.717) is 4.21 Å². The fraction of sp³-hybridized carbons (Fsp3) is 0.750. The first kappa shape index (κ1) is 14.2. The minimum absolute atomic E-state index is 0.0537. The maximum absolute atomic E-state index is 12.5. The van der Waals surface area contributed by atoms with E-state index in [4.69, 9.17) is 0 Å². The zero-order valence-corrected chi connectivity index (χ0v) is 14.1. The normalized spacial score (nSPS) is 39.6. The minimum atomic E-state index is -3.34. The fourth-order valence-corrected chi connectivity index (χ4v) is 7.90. The topological polar surface area (TPSA) is 46.2 Å². The Balaban J connectivity index is 1.56. The third-order valence-corrected chi connectivity index (χ3v) is 9.03. The number of sulfonamides is 1. The van der Waals surface area contributed by atoms with E-state index in [2.05, 4.69) is 11.6 Å². The number of thiophene rings is 1. The van der Waals surface area contributed by atoms with E-state index in [0.717, 1.165) is 17.8 Å². The summed E-state index contributed by atoms with van der Waals surface area (Å²) in [6.07, 6.45) is 7.87. The summed E-state index contributed by atoms with van der Waals surface area (Å²) in [6, 6.07) is 3.55. The van der Waals surface area contributed by atoms with Gasteiger partial charge in [0.2, 0.25) is 10.0 Å². The van der Waals surface area contributed by atoms with E-state index in [1.807, 2.05) is 5.38 Å². The zero-order chi connectivity index (χ0) is 14.7. The van der Waals surface area contributed by atoms with Crippen molar-refractivity contribution in [2.45, 2.75) is 55.7 Å². The van der Waals surface area contributed by atoms with Gasteiger partial charge in [-0.05, 0) is 80.1 Å². The predicted molar refractivity (Wildman–Crippen MR) is 84.7 cm³/mol. The molecule has 1 aromatic heterocycles. The molecule has 0 aromatic carbocycles. The highest BCUT2D eigenvalue weighted by atomic mass is 32.2. The van der Waals surface area contributed by atoms with Gasteiger partial charge < -0.3 is 0 Å². The molecule has 4 fully saturated rings. The molecule has 5 heteroatoms. The first-order valence-electron chi connectivity index (χ1n) is 8.03. The van der Waals surface area contributed by atoms with Crippen molar-refractivity contribution in [1.82, 2.24) is 4.72 Å². The van der Waals surface area contributed by atoms with E-state index in [1.165, 1.54) is 49.9 Å². The molecule has 3 nitrogen and oxygen atoms in total. The molecule has 1 unspecified atom stereocenters. The lowest BCUT2D eigenvalue weighted by Gasteiger charge is -2.59. The molecule has 4 aliphatic carbocycles. The van der Waals surface area contributed by atoms with Gasteiger partial charge in [-0.1, -0.05) is 6.07 Å². The second kappa shape index (κ2) is 4.80. The molecule has 5 rings (SSSR count). The van der Waals surface area contributed by atoms with Crippen LogP contribution in [0.2, 0.25) is 0 Å². The summed E-state index contributed by atoms with van der Waals surface area (Å²) in [5.74, 6) is 2.56. The van der Waals surface area contributed by atoms with Crippen LogP contribution in [0.15, 0.2) is 21.7 Å². The van der Waals surface area contributed by atoms with Crippen molar-refractivity contribution < 1.29 is 8.42 Å². The van der Waals surface area contributed by atoms with Gasteiger partial charge in [0.25, 0.3) is 0 Å². The third kappa shape index (κ3) is 2.37. The molecule has 1 N–H and O–H groups in total. The van der Waals surface area contributed by atoms with Crippen molar-refractivity contribution in [2.24, 2.45) is 23.2 Å².